The van der Waals surface area contributed by atoms with Crippen LogP contribution in [-0.2, 0) is 14.8 Å². The third-order valence-corrected chi connectivity index (χ3v) is 6.52. The molecule has 2 heterocycles. The largest absolute Gasteiger partial charge is 0.288 e. The number of anilines is 1. The molecule has 0 atom stereocenters. The minimum absolute atomic E-state index is 0.00906. The molecule has 1 aromatic heterocycles. The van der Waals surface area contributed by atoms with E-state index in [1.165, 1.54) is 35.5 Å². The highest BCUT2D eigenvalue weighted by molar-refractivity contribution is 7.89. The van der Waals surface area contributed by atoms with Crippen molar-refractivity contribution in [2.75, 3.05) is 18.5 Å². The molecular weight excluding hydrogens is 398 g/mol. The van der Waals surface area contributed by atoms with Gasteiger partial charge in [-0.1, -0.05) is 0 Å². The lowest BCUT2D eigenvalue weighted by Gasteiger charge is -2.30. The normalized spacial score (nSPS) is 15.4. The van der Waals surface area contributed by atoms with E-state index in [4.69, 9.17) is 5.26 Å². The minimum atomic E-state index is -3.68. The van der Waals surface area contributed by atoms with E-state index in [0.717, 1.165) is 0 Å². The summed E-state index contributed by atoms with van der Waals surface area (Å²) in [7, 11) is -3.68. The number of carbonyl (C=O) groups excluding carboxylic acids is 1. The fourth-order valence-corrected chi connectivity index (χ4v) is 4.35. The van der Waals surface area contributed by atoms with Crippen LogP contribution in [0.15, 0.2) is 34.0 Å². The number of H-pyrrole nitrogens is 1. The number of piperidine rings is 1. The first kappa shape index (κ1) is 20.4. The minimum Gasteiger partial charge on any atom is -0.288 e. The number of amides is 1. The zero-order valence-corrected chi connectivity index (χ0v) is 16.4. The van der Waals surface area contributed by atoms with Crippen LogP contribution in [-0.4, -0.2) is 46.9 Å². The summed E-state index contributed by atoms with van der Waals surface area (Å²) in [6.07, 6.45) is 0.693. The van der Waals surface area contributed by atoms with Gasteiger partial charge in [0.25, 0.3) is 5.56 Å². The molecule has 1 amide bonds. The second-order valence-corrected chi connectivity index (χ2v) is 8.45. The molecule has 0 aliphatic carbocycles. The molecule has 1 fully saturated rings. The van der Waals surface area contributed by atoms with Crippen molar-refractivity contribution in [3.8, 4) is 6.07 Å². The van der Waals surface area contributed by atoms with Gasteiger partial charge in [-0.3, -0.25) is 25.4 Å². The van der Waals surface area contributed by atoms with E-state index in [1.54, 1.807) is 0 Å². The van der Waals surface area contributed by atoms with Crippen LogP contribution in [0.25, 0.3) is 0 Å². The Morgan fingerprint density at radius 3 is 2.48 bits per heavy atom. The smallest absolute Gasteiger partial charge is 0.274 e. The van der Waals surface area contributed by atoms with Gasteiger partial charge in [-0.2, -0.15) is 9.57 Å². The summed E-state index contributed by atoms with van der Waals surface area (Å²) < 4.78 is 26.8. The number of hydrazine groups is 1. The molecular formula is C17H19N7O4S. The molecule has 1 aromatic carbocycles. The van der Waals surface area contributed by atoms with Crippen molar-refractivity contribution in [2.45, 2.75) is 24.7 Å². The molecule has 0 bridgehead atoms. The van der Waals surface area contributed by atoms with Crippen molar-refractivity contribution in [1.29, 1.82) is 5.26 Å². The van der Waals surface area contributed by atoms with E-state index >= 15 is 0 Å². The number of hydrogen-bond donors (Lipinski definition) is 3. The van der Waals surface area contributed by atoms with Gasteiger partial charge in [0.1, 0.15) is 5.69 Å². The molecule has 0 unspecified atom stereocenters. The zero-order valence-electron chi connectivity index (χ0n) is 15.5. The summed E-state index contributed by atoms with van der Waals surface area (Å²) in [6, 6.07) is 7.66. The fraction of sp³-hybridized carbons (Fsp3) is 0.353. The Balaban J connectivity index is 1.56. The van der Waals surface area contributed by atoms with Gasteiger partial charge < -0.3 is 0 Å². The summed E-state index contributed by atoms with van der Waals surface area (Å²) in [5.74, 6) is -0.710. The second-order valence-electron chi connectivity index (χ2n) is 6.52. The predicted molar refractivity (Wildman–Crippen MR) is 102 cm³/mol. The van der Waals surface area contributed by atoms with Gasteiger partial charge in [0.05, 0.1) is 16.5 Å². The van der Waals surface area contributed by atoms with Crippen LogP contribution >= 0.6 is 0 Å². The van der Waals surface area contributed by atoms with Crippen molar-refractivity contribution < 1.29 is 13.2 Å². The van der Waals surface area contributed by atoms with Gasteiger partial charge in [-0.15, -0.1) is 10.2 Å². The average molecular weight is 417 g/mol. The van der Waals surface area contributed by atoms with E-state index in [1.807, 2.05) is 6.07 Å². The maximum Gasteiger partial charge on any atom is 0.274 e. The number of benzene rings is 1. The summed E-state index contributed by atoms with van der Waals surface area (Å²) >= 11 is 0. The SMILES string of the molecule is Cc1nnc(NNC(=O)C2CCN(S(=O)(=O)c3ccc(C#N)cc3)CC2)[nH]c1=O. The first-order valence-corrected chi connectivity index (χ1v) is 10.2. The van der Waals surface area contributed by atoms with Crippen molar-refractivity contribution in [3.05, 3.63) is 45.9 Å². The number of rotatable bonds is 5. The average Bonchev–Trinajstić information content (AvgIpc) is 2.74. The van der Waals surface area contributed by atoms with Gasteiger partial charge in [0.15, 0.2) is 0 Å². The number of nitriles is 1. The standard InChI is InChI=1S/C17H19N7O4S/c1-11-15(25)19-17(22-20-11)23-21-16(26)13-6-8-24(9-7-13)29(27,28)14-4-2-12(10-18)3-5-14/h2-5,13H,6-9H2,1H3,(H,21,26)(H2,19,22,23,25). The molecule has 2 aromatic rings. The number of aromatic amines is 1. The molecule has 0 saturated carbocycles. The summed E-state index contributed by atoms with van der Waals surface area (Å²) in [6.45, 7) is 1.90. The van der Waals surface area contributed by atoms with Crippen molar-refractivity contribution in [1.82, 2.24) is 24.9 Å². The van der Waals surface area contributed by atoms with Crippen molar-refractivity contribution in [3.63, 3.8) is 0 Å². The molecule has 1 aliphatic rings. The Morgan fingerprint density at radius 1 is 1.24 bits per heavy atom. The second kappa shape index (κ2) is 8.38. The highest BCUT2D eigenvalue weighted by atomic mass is 32.2. The van der Waals surface area contributed by atoms with Gasteiger partial charge in [0, 0.05) is 19.0 Å². The molecule has 152 valence electrons. The number of sulfonamides is 1. The summed E-state index contributed by atoms with van der Waals surface area (Å²) in [5, 5.41) is 16.2. The van der Waals surface area contributed by atoms with Crippen LogP contribution < -0.4 is 16.4 Å². The van der Waals surface area contributed by atoms with Gasteiger partial charge >= 0.3 is 0 Å². The zero-order chi connectivity index (χ0) is 21.0. The Labute approximate surface area is 166 Å². The number of nitrogens with zero attached hydrogens (tertiary/aromatic N) is 4. The van der Waals surface area contributed by atoms with Crippen LogP contribution in [0.1, 0.15) is 24.1 Å². The molecule has 3 N–H and O–H groups in total. The number of nitrogens with one attached hydrogen (secondary N) is 3. The number of aromatic nitrogens is 3. The number of aryl methyl sites for hydroxylation is 1. The molecule has 29 heavy (non-hydrogen) atoms. The molecule has 0 spiro atoms. The maximum absolute atomic E-state index is 12.7. The van der Waals surface area contributed by atoms with Crippen LogP contribution in [0.3, 0.4) is 0 Å². The Hall–Kier alpha value is -3.30. The fourth-order valence-electron chi connectivity index (χ4n) is 2.88. The summed E-state index contributed by atoms with van der Waals surface area (Å²) in [4.78, 5) is 26.3. The molecule has 0 radical (unpaired) electrons. The van der Waals surface area contributed by atoms with Crippen LogP contribution in [0, 0.1) is 24.2 Å². The lowest BCUT2D eigenvalue weighted by molar-refractivity contribution is -0.125. The molecule has 1 saturated heterocycles. The lowest BCUT2D eigenvalue weighted by atomic mass is 9.98. The quantitative estimate of drug-likeness (QED) is 0.568. The predicted octanol–water partition coefficient (Wildman–Crippen LogP) is -0.111. The first-order valence-electron chi connectivity index (χ1n) is 8.81. The van der Waals surface area contributed by atoms with Gasteiger partial charge in [-0.25, -0.2) is 8.42 Å². The van der Waals surface area contributed by atoms with Crippen LogP contribution in [0.4, 0.5) is 5.95 Å². The lowest BCUT2D eigenvalue weighted by Crippen LogP contribution is -2.44. The molecule has 3 rings (SSSR count). The monoisotopic (exact) mass is 417 g/mol. The van der Waals surface area contributed by atoms with E-state index < -0.39 is 15.6 Å². The number of carbonyl (C=O) groups is 1. The highest BCUT2D eigenvalue weighted by Crippen LogP contribution is 2.24. The van der Waals surface area contributed by atoms with Crippen molar-refractivity contribution in [2.24, 2.45) is 5.92 Å². The molecule has 1 aliphatic heterocycles. The molecule has 11 nitrogen and oxygen atoms in total. The summed E-state index contributed by atoms with van der Waals surface area (Å²) in [5.41, 5.74) is 5.12. The maximum atomic E-state index is 12.7. The third kappa shape index (κ3) is 4.58. The Bertz CT molecular complexity index is 1100. The van der Waals surface area contributed by atoms with Crippen molar-refractivity contribution >= 4 is 21.9 Å². The van der Waals surface area contributed by atoms with E-state index in [-0.39, 0.29) is 41.5 Å². The van der Waals surface area contributed by atoms with Gasteiger partial charge in [-0.05, 0) is 44.0 Å². The Morgan fingerprint density at radius 2 is 1.90 bits per heavy atom. The topological polar surface area (TPSA) is 161 Å². The van der Waals surface area contributed by atoms with Gasteiger partial charge in [0.2, 0.25) is 21.9 Å². The van der Waals surface area contributed by atoms with E-state index in [9.17, 15) is 18.0 Å². The van der Waals surface area contributed by atoms with E-state index in [0.29, 0.717) is 18.4 Å². The Kier molecular flexibility index (Phi) is 5.90. The highest BCUT2D eigenvalue weighted by Gasteiger charge is 2.32. The number of hydrogen-bond acceptors (Lipinski definition) is 8. The first-order chi connectivity index (χ1) is 13.8. The van der Waals surface area contributed by atoms with E-state index in [2.05, 4.69) is 26.0 Å². The molecule has 12 heteroatoms. The van der Waals surface area contributed by atoms with Crippen LogP contribution in [0.2, 0.25) is 0 Å². The van der Waals surface area contributed by atoms with Crippen LogP contribution in [0.5, 0.6) is 0 Å². The third-order valence-electron chi connectivity index (χ3n) is 4.61.